The maximum atomic E-state index is 8.63. The van der Waals surface area contributed by atoms with Gasteiger partial charge in [0.05, 0.1) is 0 Å². The molecule has 0 saturated heterocycles. The number of benzene rings is 2. The molecule has 25 heavy (non-hydrogen) atoms. The van der Waals surface area contributed by atoms with Gasteiger partial charge in [-0.3, -0.25) is 0 Å². The predicted molar refractivity (Wildman–Crippen MR) is 102 cm³/mol. The van der Waals surface area contributed by atoms with Gasteiger partial charge in [-0.05, 0) is 37.1 Å². The summed E-state index contributed by atoms with van der Waals surface area (Å²) >= 11 is 0. The third-order valence-corrected chi connectivity index (χ3v) is 2.82. The van der Waals surface area contributed by atoms with E-state index in [1.807, 2.05) is 12.1 Å². The number of phenols is 2. The fourth-order valence-electron chi connectivity index (χ4n) is 1.64. The van der Waals surface area contributed by atoms with Crippen LogP contribution in [-0.2, 0) is 21.7 Å². The number of allylic oxidation sites excluding steroid dienone is 8. The Morgan fingerprint density at radius 2 is 0.760 bits per heavy atom. The molecule has 0 fully saturated rings. The molecule has 4 rings (SSSR count). The van der Waals surface area contributed by atoms with Gasteiger partial charge in [0, 0.05) is 21.7 Å². The van der Waals surface area contributed by atoms with Gasteiger partial charge in [-0.25, -0.2) is 0 Å². The average molecular weight is 368 g/mol. The molecule has 0 aliphatic heterocycles. The zero-order valence-electron chi connectivity index (χ0n) is 14.2. The molecule has 0 unspecified atom stereocenters. The van der Waals surface area contributed by atoms with Gasteiger partial charge in [0.1, 0.15) is 11.5 Å². The maximum Gasteiger partial charge on any atom is 0.115 e. The molecule has 3 heteroatoms. The molecule has 0 saturated carbocycles. The number of hydrogen-bond acceptors (Lipinski definition) is 2. The Morgan fingerprint density at radius 3 is 0.880 bits per heavy atom. The summed E-state index contributed by atoms with van der Waals surface area (Å²) in [7, 11) is 0. The van der Waals surface area contributed by atoms with E-state index in [-0.39, 0.29) is 21.7 Å². The molecule has 2 nitrogen and oxygen atoms in total. The molecule has 0 spiro atoms. The summed E-state index contributed by atoms with van der Waals surface area (Å²) in [5.74, 6) is 0.644. The second-order valence-electron chi connectivity index (χ2n) is 4.86. The van der Waals surface area contributed by atoms with E-state index in [2.05, 4.69) is 48.6 Å². The van der Waals surface area contributed by atoms with Crippen molar-refractivity contribution in [1.82, 2.24) is 0 Å². The largest absolute Gasteiger partial charge is 0.508 e. The van der Waals surface area contributed by atoms with Crippen LogP contribution in [0.1, 0.15) is 12.8 Å². The van der Waals surface area contributed by atoms with Gasteiger partial charge >= 0.3 is 0 Å². The van der Waals surface area contributed by atoms with E-state index in [1.54, 1.807) is 48.5 Å². The van der Waals surface area contributed by atoms with Crippen LogP contribution in [0.3, 0.4) is 0 Å². The number of aromatic hydroxyl groups is 2. The third kappa shape index (κ3) is 15.0. The molecule has 2 aromatic carbocycles. The van der Waals surface area contributed by atoms with Crippen LogP contribution in [0, 0.1) is 0 Å². The van der Waals surface area contributed by atoms with E-state index in [0.717, 1.165) is 12.8 Å². The molecular formula is C22H24O2Ti. The smallest absolute Gasteiger partial charge is 0.115 e. The Bertz CT molecular complexity index is 565. The topological polar surface area (TPSA) is 40.5 Å². The van der Waals surface area contributed by atoms with E-state index in [4.69, 9.17) is 10.2 Å². The SMILES string of the molecule is C1=CCC=C1.C1=CCC=C1.Oc1ccccc1.Oc1ccccc1.[Ti]. The molecule has 0 radical (unpaired) electrons. The Labute approximate surface area is 165 Å². The van der Waals surface area contributed by atoms with Gasteiger partial charge < -0.3 is 10.2 Å². The Kier molecular flexibility index (Phi) is 15.1. The first-order valence-electron chi connectivity index (χ1n) is 7.90. The van der Waals surface area contributed by atoms with E-state index in [9.17, 15) is 0 Å². The summed E-state index contributed by atoms with van der Waals surface area (Å²) in [4.78, 5) is 0. The summed E-state index contributed by atoms with van der Waals surface area (Å²) in [6.07, 6.45) is 19.0. The molecule has 0 heterocycles. The Hall–Kier alpha value is -2.29. The summed E-state index contributed by atoms with van der Waals surface area (Å²) < 4.78 is 0. The van der Waals surface area contributed by atoms with E-state index < -0.39 is 0 Å². The first-order valence-corrected chi connectivity index (χ1v) is 7.90. The Morgan fingerprint density at radius 1 is 0.480 bits per heavy atom. The van der Waals surface area contributed by atoms with Gasteiger partial charge in [0.25, 0.3) is 0 Å². The summed E-state index contributed by atoms with van der Waals surface area (Å²) in [6.45, 7) is 0. The van der Waals surface area contributed by atoms with Crippen molar-refractivity contribution in [3.05, 3.63) is 109 Å². The van der Waals surface area contributed by atoms with Crippen molar-refractivity contribution in [1.29, 1.82) is 0 Å². The molecule has 2 N–H and O–H groups in total. The molecule has 0 bridgehead atoms. The van der Waals surface area contributed by atoms with Gasteiger partial charge in [0.2, 0.25) is 0 Å². The summed E-state index contributed by atoms with van der Waals surface area (Å²) in [5, 5.41) is 17.3. The number of hydrogen-bond donors (Lipinski definition) is 2. The van der Waals surface area contributed by atoms with Crippen LogP contribution in [0.5, 0.6) is 11.5 Å². The maximum absolute atomic E-state index is 8.63. The molecule has 128 valence electrons. The standard InChI is InChI=1S/2C6H6O.2C5H6.Ti/c2*7-6-4-2-1-3-5-6;2*1-2-4-5-3-1;/h2*1-5,7H;2*1-4H,5H2;. The molecule has 0 amide bonds. The van der Waals surface area contributed by atoms with Crippen molar-refractivity contribution in [2.45, 2.75) is 12.8 Å². The molecule has 2 aromatic rings. The summed E-state index contributed by atoms with van der Waals surface area (Å²) in [6, 6.07) is 17.4. The van der Waals surface area contributed by atoms with Crippen LogP contribution in [-0.4, -0.2) is 10.2 Å². The van der Waals surface area contributed by atoms with Crippen LogP contribution in [0.2, 0.25) is 0 Å². The van der Waals surface area contributed by atoms with Gasteiger partial charge in [-0.15, -0.1) is 0 Å². The third-order valence-electron chi connectivity index (χ3n) is 2.82. The second kappa shape index (κ2) is 16.6. The summed E-state index contributed by atoms with van der Waals surface area (Å²) in [5.41, 5.74) is 0. The van der Waals surface area contributed by atoms with Crippen molar-refractivity contribution in [2.75, 3.05) is 0 Å². The van der Waals surface area contributed by atoms with Gasteiger partial charge in [-0.1, -0.05) is 85.0 Å². The molecule has 2 aliphatic carbocycles. The number of rotatable bonds is 0. The molecule has 0 aromatic heterocycles. The fourth-order valence-corrected chi connectivity index (χ4v) is 1.64. The molecule has 2 aliphatic rings. The van der Waals surface area contributed by atoms with Crippen molar-refractivity contribution in [2.24, 2.45) is 0 Å². The first kappa shape index (κ1) is 22.7. The van der Waals surface area contributed by atoms with Crippen LogP contribution < -0.4 is 0 Å². The number of phenolic OH excluding ortho intramolecular Hbond substituents is 2. The normalized spacial score (nSPS) is 11.8. The van der Waals surface area contributed by atoms with Crippen LogP contribution in [0.4, 0.5) is 0 Å². The zero-order chi connectivity index (χ0) is 17.3. The van der Waals surface area contributed by atoms with E-state index in [0.29, 0.717) is 11.5 Å². The zero-order valence-corrected chi connectivity index (χ0v) is 15.8. The minimum absolute atomic E-state index is 0. The molecule has 0 atom stereocenters. The quantitative estimate of drug-likeness (QED) is 0.578. The minimum Gasteiger partial charge on any atom is -0.508 e. The minimum atomic E-state index is 0. The van der Waals surface area contributed by atoms with E-state index in [1.165, 1.54) is 0 Å². The number of para-hydroxylation sites is 2. The van der Waals surface area contributed by atoms with Crippen LogP contribution in [0.25, 0.3) is 0 Å². The molecular weight excluding hydrogens is 344 g/mol. The van der Waals surface area contributed by atoms with Crippen molar-refractivity contribution in [3.63, 3.8) is 0 Å². The van der Waals surface area contributed by atoms with Gasteiger partial charge in [-0.2, -0.15) is 0 Å². The monoisotopic (exact) mass is 368 g/mol. The van der Waals surface area contributed by atoms with Crippen LogP contribution >= 0.6 is 0 Å². The van der Waals surface area contributed by atoms with E-state index >= 15 is 0 Å². The van der Waals surface area contributed by atoms with Crippen molar-refractivity contribution < 1.29 is 31.9 Å². The van der Waals surface area contributed by atoms with Crippen LogP contribution in [0.15, 0.2) is 109 Å². The fraction of sp³-hybridized carbons (Fsp3) is 0.0909. The van der Waals surface area contributed by atoms with Gasteiger partial charge in [0.15, 0.2) is 0 Å². The van der Waals surface area contributed by atoms with Crippen molar-refractivity contribution >= 4 is 0 Å². The first-order chi connectivity index (χ1) is 11.8. The predicted octanol–water partition coefficient (Wildman–Crippen LogP) is 5.79. The van der Waals surface area contributed by atoms with Crippen molar-refractivity contribution in [3.8, 4) is 11.5 Å². The average Bonchev–Trinajstić information content (AvgIpc) is 3.36. The Balaban J connectivity index is 0.000000307. The second-order valence-corrected chi connectivity index (χ2v) is 4.86.